The van der Waals surface area contributed by atoms with Crippen molar-refractivity contribution >= 4 is 0 Å². The van der Waals surface area contributed by atoms with Crippen molar-refractivity contribution in [1.29, 1.82) is 0 Å². The Labute approximate surface area is 234 Å². The van der Waals surface area contributed by atoms with E-state index in [2.05, 4.69) is 21.3 Å². The largest absolute Gasteiger partial charge is 0.395 e. The first-order chi connectivity index (χ1) is 18.7. The van der Waals surface area contributed by atoms with Gasteiger partial charge in [0, 0.05) is 24.2 Å². The van der Waals surface area contributed by atoms with Crippen molar-refractivity contribution in [2.75, 3.05) is 26.4 Å². The lowest BCUT2D eigenvalue weighted by atomic mass is 10.1. The fourth-order valence-corrected chi connectivity index (χ4v) is 4.92. The molecular weight excluding hydrogens is 536 g/mol. The van der Waals surface area contributed by atoms with E-state index >= 15 is 0 Å². The second-order valence-electron chi connectivity index (χ2n) is 10.9. The molecule has 16 heteroatoms. The average molecular weight is 589 g/mol. The second-order valence-corrected chi connectivity index (χ2v) is 10.9. The first kappa shape index (κ1) is 37.4. The lowest BCUT2D eigenvalue weighted by Crippen LogP contribution is -2.36. The lowest BCUT2D eigenvalue weighted by molar-refractivity contribution is 0.0214. The van der Waals surface area contributed by atoms with Crippen molar-refractivity contribution in [2.45, 2.75) is 125 Å². The van der Waals surface area contributed by atoms with E-state index in [1.165, 1.54) is 0 Å². The summed E-state index contributed by atoms with van der Waals surface area (Å²) >= 11 is 0. The number of hydrogen-bond donors (Lipinski definition) is 16. The maximum atomic E-state index is 9.16. The Hall–Kier alpha value is -0.640. The van der Waals surface area contributed by atoms with Crippen molar-refractivity contribution in [2.24, 2.45) is 0 Å². The molecule has 0 aromatic carbocycles. The minimum absolute atomic E-state index is 0.132. The highest BCUT2D eigenvalue weighted by Crippen LogP contribution is 2.15. The van der Waals surface area contributed by atoms with Crippen LogP contribution in [0.3, 0.4) is 0 Å². The quantitative estimate of drug-likeness (QED) is 0.145. The summed E-state index contributed by atoms with van der Waals surface area (Å²) < 4.78 is 0. The summed E-state index contributed by atoms with van der Waals surface area (Å²) in [5.41, 5.74) is 0. The van der Waals surface area contributed by atoms with Crippen LogP contribution >= 0.6 is 0 Å². The monoisotopic (exact) mass is 588 g/mol. The molecule has 16 nitrogen and oxygen atoms in total. The Morgan fingerprint density at radius 3 is 0.525 bits per heavy atom. The molecule has 4 aliphatic rings. The van der Waals surface area contributed by atoms with Gasteiger partial charge in [0.15, 0.2) is 0 Å². The molecule has 0 aromatic rings. The first-order valence-electron chi connectivity index (χ1n) is 13.6. The SMILES string of the molecule is C[C@@H]1N[C@H](CO)C(O)C1O.C[C@@H]1N[C@H](CO)C(O)C1O.C[C@@H]1N[C@H](CO)C(O)C1O.C[C@@H]1N[C@H](CO)C(O)C1O. The molecule has 4 rings (SSSR count). The highest BCUT2D eigenvalue weighted by atomic mass is 16.4. The van der Waals surface area contributed by atoms with Crippen molar-refractivity contribution in [1.82, 2.24) is 21.3 Å². The van der Waals surface area contributed by atoms with Crippen LogP contribution in [0.5, 0.6) is 0 Å². The summed E-state index contributed by atoms with van der Waals surface area (Å²) in [7, 11) is 0. The predicted molar refractivity (Wildman–Crippen MR) is 142 cm³/mol. The number of nitrogens with one attached hydrogen (secondary N) is 4. The van der Waals surface area contributed by atoms with Crippen molar-refractivity contribution in [3.05, 3.63) is 0 Å². The zero-order valence-corrected chi connectivity index (χ0v) is 23.4. The average Bonchev–Trinajstić information content (AvgIpc) is 3.55. The van der Waals surface area contributed by atoms with Crippen molar-refractivity contribution in [3.8, 4) is 0 Å². The molecule has 240 valence electrons. The fourth-order valence-electron chi connectivity index (χ4n) is 4.92. The predicted octanol–water partition coefficient (Wildman–Crippen LogP) is -7.76. The van der Waals surface area contributed by atoms with Gasteiger partial charge >= 0.3 is 0 Å². The molecule has 0 aliphatic carbocycles. The molecule has 16 N–H and O–H groups in total. The normalized spacial score (nSPS) is 48.0. The summed E-state index contributed by atoms with van der Waals surface area (Å²) in [5.74, 6) is 0. The van der Waals surface area contributed by atoms with E-state index in [1.54, 1.807) is 27.7 Å². The van der Waals surface area contributed by atoms with Crippen LogP contribution in [-0.2, 0) is 0 Å². The minimum Gasteiger partial charge on any atom is -0.395 e. The van der Waals surface area contributed by atoms with Crippen molar-refractivity contribution in [3.63, 3.8) is 0 Å². The Morgan fingerprint density at radius 2 is 0.475 bits per heavy atom. The third-order valence-electron chi connectivity index (χ3n) is 7.79. The van der Waals surface area contributed by atoms with Gasteiger partial charge < -0.3 is 82.5 Å². The zero-order valence-electron chi connectivity index (χ0n) is 23.4. The Kier molecular flexibility index (Phi) is 16.3. The highest BCUT2D eigenvalue weighted by Gasteiger charge is 2.40. The van der Waals surface area contributed by atoms with E-state index in [-0.39, 0.29) is 74.8 Å². The van der Waals surface area contributed by atoms with E-state index in [0.717, 1.165) is 0 Å². The number of hydrogen-bond acceptors (Lipinski definition) is 16. The Morgan fingerprint density at radius 1 is 0.325 bits per heavy atom. The molecule has 0 saturated carbocycles. The molecule has 40 heavy (non-hydrogen) atoms. The van der Waals surface area contributed by atoms with Crippen LogP contribution in [0.1, 0.15) is 27.7 Å². The van der Waals surface area contributed by atoms with Crippen LogP contribution in [0, 0.1) is 0 Å². The number of rotatable bonds is 4. The van der Waals surface area contributed by atoms with E-state index in [4.69, 9.17) is 61.3 Å². The van der Waals surface area contributed by atoms with Gasteiger partial charge in [0.2, 0.25) is 0 Å². The molecule has 0 radical (unpaired) electrons. The minimum atomic E-state index is -0.833. The van der Waals surface area contributed by atoms with Crippen LogP contribution in [0.4, 0.5) is 0 Å². The van der Waals surface area contributed by atoms with Crippen LogP contribution < -0.4 is 21.3 Å². The van der Waals surface area contributed by atoms with Gasteiger partial charge in [-0.15, -0.1) is 0 Å². The second kappa shape index (κ2) is 17.5. The molecule has 0 aromatic heterocycles. The zero-order chi connectivity index (χ0) is 30.9. The highest BCUT2D eigenvalue weighted by molar-refractivity contribution is 4.97. The van der Waals surface area contributed by atoms with Gasteiger partial charge in [-0.25, -0.2) is 0 Å². The molecule has 8 unspecified atom stereocenters. The van der Waals surface area contributed by atoms with E-state index in [9.17, 15) is 0 Å². The van der Waals surface area contributed by atoms with Gasteiger partial charge in [0.05, 0.1) is 99.4 Å². The summed E-state index contributed by atoms with van der Waals surface area (Å²) in [6, 6.07) is -2.01. The van der Waals surface area contributed by atoms with Crippen molar-refractivity contribution < 1.29 is 61.3 Å². The molecule has 0 amide bonds. The van der Waals surface area contributed by atoms with E-state index in [1.807, 2.05) is 0 Å². The third kappa shape index (κ3) is 9.70. The summed E-state index contributed by atoms with van der Waals surface area (Å²) in [4.78, 5) is 0. The fraction of sp³-hybridized carbons (Fsp3) is 1.00. The smallest absolute Gasteiger partial charge is 0.0989 e. The standard InChI is InChI=1S/4C6H13NO3/c4*1-3-5(9)6(10)4(2-8)7-3/h4*3-10H,2H2,1H3/t4*3-,4+,5?,6?/m0000/s1. The Bertz CT molecular complexity index is 590. The Balaban J connectivity index is 0.000000267. The molecule has 4 aliphatic heterocycles. The molecule has 16 atom stereocenters. The molecular formula is C24H52N4O12. The number of aliphatic hydroxyl groups excluding tert-OH is 12. The number of aliphatic hydroxyl groups is 12. The van der Waals surface area contributed by atoms with Gasteiger partial charge in [-0.1, -0.05) is 0 Å². The molecule has 4 heterocycles. The van der Waals surface area contributed by atoms with E-state index in [0.29, 0.717) is 0 Å². The topological polar surface area (TPSA) is 291 Å². The maximum absolute atomic E-state index is 9.16. The summed E-state index contributed by atoms with van der Waals surface area (Å²) in [6.07, 6.45) is -6.34. The van der Waals surface area contributed by atoms with Gasteiger partial charge in [-0.05, 0) is 27.7 Å². The van der Waals surface area contributed by atoms with Crippen LogP contribution in [0.2, 0.25) is 0 Å². The van der Waals surface area contributed by atoms with Gasteiger partial charge in [0.25, 0.3) is 0 Å². The molecule has 0 bridgehead atoms. The first-order valence-corrected chi connectivity index (χ1v) is 13.6. The van der Waals surface area contributed by atoms with E-state index < -0.39 is 48.8 Å². The van der Waals surface area contributed by atoms with Crippen LogP contribution in [0.25, 0.3) is 0 Å². The van der Waals surface area contributed by atoms with Gasteiger partial charge in [0.1, 0.15) is 0 Å². The van der Waals surface area contributed by atoms with Crippen LogP contribution in [-0.4, -0.2) is 185 Å². The van der Waals surface area contributed by atoms with Gasteiger partial charge in [-0.2, -0.15) is 0 Å². The molecule has 4 fully saturated rings. The van der Waals surface area contributed by atoms with Gasteiger partial charge in [-0.3, -0.25) is 0 Å². The maximum Gasteiger partial charge on any atom is 0.0989 e. The molecule has 0 spiro atoms. The third-order valence-corrected chi connectivity index (χ3v) is 7.79. The summed E-state index contributed by atoms with van der Waals surface area (Å²) in [6.45, 7) is 6.52. The summed E-state index contributed by atoms with van der Waals surface area (Å²) in [5, 5.41) is 119. The lowest BCUT2D eigenvalue weighted by Gasteiger charge is -2.11. The molecule has 4 saturated heterocycles. The van der Waals surface area contributed by atoms with Crippen LogP contribution in [0.15, 0.2) is 0 Å².